The van der Waals surface area contributed by atoms with Gasteiger partial charge in [-0.15, -0.1) is 0 Å². The maximum absolute atomic E-state index is 12.0. The first-order valence-electron chi connectivity index (χ1n) is 6.06. The number of carbonyl (C=O) groups excluding carboxylic acids is 2. The molecular formula is C12H21N3O3. The molecular weight excluding hydrogens is 234 g/mol. The first-order chi connectivity index (χ1) is 8.62. The van der Waals surface area contributed by atoms with Gasteiger partial charge < -0.3 is 15.0 Å². The number of carbonyl (C=O) groups is 2. The molecule has 0 saturated heterocycles. The molecule has 0 fully saturated rings. The van der Waals surface area contributed by atoms with Crippen LogP contribution in [-0.4, -0.2) is 49.6 Å². The van der Waals surface area contributed by atoms with Gasteiger partial charge in [0.15, 0.2) is 0 Å². The van der Waals surface area contributed by atoms with Crippen molar-refractivity contribution in [3.8, 4) is 6.07 Å². The van der Waals surface area contributed by atoms with Gasteiger partial charge in [-0.1, -0.05) is 13.8 Å². The molecule has 6 heteroatoms. The maximum atomic E-state index is 12.0. The zero-order valence-electron chi connectivity index (χ0n) is 11.2. The second-order valence-electron chi connectivity index (χ2n) is 3.80. The number of hydrogen-bond donors (Lipinski definition) is 1. The first kappa shape index (κ1) is 16.4. The Morgan fingerprint density at radius 2 is 2.00 bits per heavy atom. The van der Waals surface area contributed by atoms with E-state index in [0.29, 0.717) is 13.2 Å². The number of ether oxygens (including phenoxy) is 1. The summed E-state index contributed by atoms with van der Waals surface area (Å²) in [4.78, 5) is 25.0. The van der Waals surface area contributed by atoms with E-state index in [1.165, 1.54) is 4.90 Å². The molecule has 18 heavy (non-hydrogen) atoms. The van der Waals surface area contributed by atoms with E-state index < -0.39 is 11.8 Å². The van der Waals surface area contributed by atoms with E-state index in [1.807, 2.05) is 13.8 Å². The van der Waals surface area contributed by atoms with Crippen molar-refractivity contribution < 1.29 is 14.3 Å². The predicted octanol–water partition coefficient (Wildman–Crippen LogP) is 0.290. The normalized spacial score (nSPS) is 9.94. The molecule has 0 aliphatic carbocycles. The van der Waals surface area contributed by atoms with Gasteiger partial charge in [-0.05, 0) is 12.8 Å². The van der Waals surface area contributed by atoms with Gasteiger partial charge >= 0.3 is 11.8 Å². The first-order valence-corrected chi connectivity index (χ1v) is 6.06. The van der Waals surface area contributed by atoms with Crippen LogP contribution in [-0.2, 0) is 14.3 Å². The van der Waals surface area contributed by atoms with Crippen LogP contribution in [0.1, 0.15) is 26.7 Å². The molecule has 0 unspecified atom stereocenters. The Labute approximate surface area is 108 Å². The molecule has 1 N–H and O–H groups in total. The van der Waals surface area contributed by atoms with Crippen molar-refractivity contribution in [1.82, 2.24) is 10.2 Å². The van der Waals surface area contributed by atoms with Gasteiger partial charge in [-0.25, -0.2) is 0 Å². The van der Waals surface area contributed by atoms with Gasteiger partial charge in [0, 0.05) is 19.7 Å². The Balaban J connectivity index is 4.67. The highest BCUT2D eigenvalue weighted by atomic mass is 16.5. The Hall–Kier alpha value is -1.61. The lowest BCUT2D eigenvalue weighted by molar-refractivity contribution is -0.147. The monoisotopic (exact) mass is 255 g/mol. The second-order valence-corrected chi connectivity index (χ2v) is 3.80. The van der Waals surface area contributed by atoms with E-state index in [1.54, 1.807) is 13.2 Å². The minimum Gasteiger partial charge on any atom is -0.383 e. The van der Waals surface area contributed by atoms with Crippen molar-refractivity contribution in [2.45, 2.75) is 32.7 Å². The van der Waals surface area contributed by atoms with Crippen molar-refractivity contribution in [3.05, 3.63) is 0 Å². The van der Waals surface area contributed by atoms with Gasteiger partial charge in [0.25, 0.3) is 0 Å². The number of methoxy groups -OCH3 is 1. The van der Waals surface area contributed by atoms with Gasteiger partial charge in [0.2, 0.25) is 0 Å². The van der Waals surface area contributed by atoms with Crippen molar-refractivity contribution >= 4 is 11.8 Å². The molecule has 0 bridgehead atoms. The molecule has 0 aromatic heterocycles. The third kappa shape index (κ3) is 5.15. The van der Waals surface area contributed by atoms with Crippen LogP contribution < -0.4 is 5.32 Å². The van der Waals surface area contributed by atoms with E-state index >= 15 is 0 Å². The Bertz CT molecular complexity index is 308. The quantitative estimate of drug-likeness (QED) is 0.523. The van der Waals surface area contributed by atoms with Crippen molar-refractivity contribution in [2.24, 2.45) is 0 Å². The van der Waals surface area contributed by atoms with Crippen LogP contribution in [0.5, 0.6) is 0 Å². The highest BCUT2D eigenvalue weighted by Crippen LogP contribution is 2.08. The summed E-state index contributed by atoms with van der Waals surface area (Å²) >= 11 is 0. The van der Waals surface area contributed by atoms with E-state index in [4.69, 9.17) is 10.00 Å². The van der Waals surface area contributed by atoms with Crippen LogP contribution in [0.2, 0.25) is 0 Å². The fourth-order valence-electron chi connectivity index (χ4n) is 1.69. The number of nitrogens with one attached hydrogen (secondary N) is 1. The van der Waals surface area contributed by atoms with Crippen LogP contribution >= 0.6 is 0 Å². The lowest BCUT2D eigenvalue weighted by Gasteiger charge is -2.29. The summed E-state index contributed by atoms with van der Waals surface area (Å²) in [5, 5.41) is 10.6. The zero-order valence-corrected chi connectivity index (χ0v) is 11.2. The molecule has 6 nitrogen and oxygen atoms in total. The highest BCUT2D eigenvalue weighted by molar-refractivity contribution is 6.35. The molecule has 0 heterocycles. The molecule has 0 rings (SSSR count). The molecule has 0 radical (unpaired) electrons. The summed E-state index contributed by atoms with van der Waals surface area (Å²) in [6.45, 7) is 4.53. The predicted molar refractivity (Wildman–Crippen MR) is 66.6 cm³/mol. The third-order valence-corrected chi connectivity index (χ3v) is 2.70. The summed E-state index contributed by atoms with van der Waals surface area (Å²) in [6, 6.07) is 1.78. The third-order valence-electron chi connectivity index (χ3n) is 2.70. The molecule has 0 aromatic carbocycles. The summed E-state index contributed by atoms with van der Waals surface area (Å²) in [5.74, 6) is -1.34. The molecule has 0 aliphatic rings. The van der Waals surface area contributed by atoms with Crippen LogP contribution in [0.15, 0.2) is 0 Å². The summed E-state index contributed by atoms with van der Waals surface area (Å²) in [5.41, 5.74) is 0. The van der Waals surface area contributed by atoms with E-state index in [2.05, 4.69) is 5.32 Å². The van der Waals surface area contributed by atoms with Gasteiger partial charge in [-0.2, -0.15) is 5.26 Å². The van der Waals surface area contributed by atoms with Crippen LogP contribution in [0.25, 0.3) is 0 Å². The molecule has 102 valence electrons. The summed E-state index contributed by atoms with van der Waals surface area (Å²) < 4.78 is 4.94. The number of amides is 2. The van der Waals surface area contributed by atoms with Crippen LogP contribution in [0, 0.1) is 11.3 Å². The van der Waals surface area contributed by atoms with Crippen molar-refractivity contribution in [2.75, 3.05) is 26.8 Å². The molecule has 0 spiro atoms. The Morgan fingerprint density at radius 3 is 2.44 bits per heavy atom. The second kappa shape index (κ2) is 9.42. The molecule has 0 saturated carbocycles. The number of nitrogens with zero attached hydrogens (tertiary/aromatic N) is 2. The summed E-state index contributed by atoms with van der Waals surface area (Å²) in [7, 11) is 1.55. The smallest absolute Gasteiger partial charge is 0.312 e. The molecule has 0 aromatic rings. The maximum Gasteiger partial charge on any atom is 0.312 e. The van der Waals surface area contributed by atoms with Crippen molar-refractivity contribution in [1.29, 1.82) is 5.26 Å². The Kier molecular flexibility index (Phi) is 8.58. The van der Waals surface area contributed by atoms with E-state index in [-0.39, 0.29) is 12.6 Å². The molecule has 0 aliphatic heterocycles. The lowest BCUT2D eigenvalue weighted by Crippen LogP contribution is -2.49. The topological polar surface area (TPSA) is 82.4 Å². The van der Waals surface area contributed by atoms with Crippen LogP contribution in [0.3, 0.4) is 0 Å². The average molecular weight is 255 g/mol. The fraction of sp³-hybridized carbons (Fsp3) is 0.750. The number of hydrogen-bond acceptors (Lipinski definition) is 4. The molecule has 0 atom stereocenters. The van der Waals surface area contributed by atoms with E-state index in [9.17, 15) is 9.59 Å². The van der Waals surface area contributed by atoms with Gasteiger partial charge in [0.1, 0.15) is 6.54 Å². The van der Waals surface area contributed by atoms with Gasteiger partial charge in [-0.3, -0.25) is 9.59 Å². The van der Waals surface area contributed by atoms with E-state index in [0.717, 1.165) is 12.8 Å². The zero-order chi connectivity index (χ0) is 14.0. The largest absolute Gasteiger partial charge is 0.383 e. The van der Waals surface area contributed by atoms with Crippen LogP contribution in [0.4, 0.5) is 0 Å². The van der Waals surface area contributed by atoms with Crippen molar-refractivity contribution in [3.63, 3.8) is 0 Å². The minimum atomic E-state index is -0.737. The minimum absolute atomic E-state index is 0.0143. The fourth-order valence-corrected chi connectivity index (χ4v) is 1.69. The molecule has 2 amide bonds. The average Bonchev–Trinajstić information content (AvgIpc) is 2.40. The standard InChI is InChI=1S/C12H21N3O3/c1-4-10(5-2)15(8-9-18-3)12(17)11(16)14-7-6-13/h10H,4-5,7-9H2,1-3H3,(H,14,16). The Morgan fingerprint density at radius 1 is 1.39 bits per heavy atom. The van der Waals surface area contributed by atoms with Gasteiger partial charge in [0.05, 0.1) is 12.7 Å². The lowest BCUT2D eigenvalue weighted by atomic mass is 10.1. The highest BCUT2D eigenvalue weighted by Gasteiger charge is 2.26. The number of rotatable bonds is 7. The SMILES string of the molecule is CCC(CC)N(CCOC)C(=O)C(=O)NCC#N. The summed E-state index contributed by atoms with van der Waals surface area (Å²) in [6.07, 6.45) is 1.55. The number of nitriles is 1.